The van der Waals surface area contributed by atoms with E-state index >= 15 is 0 Å². The zero-order valence-electron chi connectivity index (χ0n) is 11.8. The van der Waals surface area contributed by atoms with Gasteiger partial charge in [0.25, 0.3) is 0 Å². The molecule has 0 heterocycles. The molecule has 1 aromatic carbocycles. The summed E-state index contributed by atoms with van der Waals surface area (Å²) in [5.41, 5.74) is -0.223. The summed E-state index contributed by atoms with van der Waals surface area (Å²) in [5, 5.41) is 9.56. The first-order chi connectivity index (χ1) is 9.20. The molecule has 0 radical (unpaired) electrons. The zero-order chi connectivity index (χ0) is 15.3. The molecule has 4 nitrogen and oxygen atoms in total. The average molecular weight is 365 g/mol. The van der Waals surface area contributed by atoms with Crippen molar-refractivity contribution in [3.63, 3.8) is 0 Å². The number of carboxylic acid groups (broad SMARTS) is 1. The molecule has 1 aromatic rings. The summed E-state index contributed by atoms with van der Waals surface area (Å²) >= 11 is 9.24. The molecule has 0 aliphatic rings. The summed E-state index contributed by atoms with van der Waals surface area (Å²) in [6, 6.07) is 5.29. The highest BCUT2D eigenvalue weighted by atomic mass is 79.9. The predicted octanol–water partition coefficient (Wildman–Crippen LogP) is 3.67. The lowest BCUT2D eigenvalue weighted by atomic mass is 10.1. The van der Waals surface area contributed by atoms with Gasteiger partial charge in [0.15, 0.2) is 0 Å². The van der Waals surface area contributed by atoms with Crippen molar-refractivity contribution in [2.24, 2.45) is 0 Å². The molecule has 0 amide bonds. The van der Waals surface area contributed by atoms with Gasteiger partial charge >= 0.3 is 5.97 Å². The van der Waals surface area contributed by atoms with Gasteiger partial charge in [0.2, 0.25) is 0 Å². The van der Waals surface area contributed by atoms with E-state index in [0.717, 1.165) is 4.47 Å². The van der Waals surface area contributed by atoms with E-state index in [0.29, 0.717) is 23.9 Å². The number of carbonyl (C=O) groups is 1. The standard InChI is InChI=1S/C14H19BrClNO3/c1-14(2,3)17(9-13(18)19)6-7-20-12-5-4-10(16)8-11(12)15/h4-5,8H,6-7,9H2,1-3H3,(H,18,19). The maximum absolute atomic E-state index is 10.9. The summed E-state index contributed by atoms with van der Waals surface area (Å²) in [7, 11) is 0. The third-order valence-electron chi connectivity index (χ3n) is 2.79. The number of carboxylic acids is 1. The lowest BCUT2D eigenvalue weighted by molar-refractivity contribution is -0.139. The molecule has 1 N–H and O–H groups in total. The van der Waals surface area contributed by atoms with Crippen molar-refractivity contribution < 1.29 is 14.6 Å². The van der Waals surface area contributed by atoms with Gasteiger partial charge in [0.1, 0.15) is 12.4 Å². The number of nitrogens with zero attached hydrogens (tertiary/aromatic N) is 1. The van der Waals surface area contributed by atoms with Crippen LogP contribution in [0.5, 0.6) is 5.75 Å². The Bertz CT molecular complexity index is 474. The van der Waals surface area contributed by atoms with Crippen LogP contribution in [0, 0.1) is 0 Å². The Morgan fingerprint density at radius 3 is 2.60 bits per heavy atom. The highest BCUT2D eigenvalue weighted by Crippen LogP contribution is 2.28. The summed E-state index contributed by atoms with van der Waals surface area (Å²) in [6.07, 6.45) is 0. The Balaban J connectivity index is 2.58. The number of ether oxygens (including phenoxy) is 1. The van der Waals surface area contributed by atoms with Crippen LogP contribution in [0.1, 0.15) is 20.8 Å². The van der Waals surface area contributed by atoms with E-state index in [9.17, 15) is 4.79 Å². The number of halogens is 2. The third kappa shape index (κ3) is 5.69. The van der Waals surface area contributed by atoms with Gasteiger partial charge in [-0.25, -0.2) is 0 Å². The predicted molar refractivity (Wildman–Crippen MR) is 83.6 cm³/mol. The normalized spacial score (nSPS) is 11.7. The fourth-order valence-corrected chi connectivity index (χ4v) is 2.47. The summed E-state index contributed by atoms with van der Waals surface area (Å²) in [5.74, 6) is -0.147. The quantitative estimate of drug-likeness (QED) is 0.837. The largest absolute Gasteiger partial charge is 0.491 e. The van der Waals surface area contributed by atoms with Crippen LogP contribution in [-0.4, -0.2) is 41.2 Å². The smallest absolute Gasteiger partial charge is 0.317 e. The van der Waals surface area contributed by atoms with Crippen molar-refractivity contribution in [2.75, 3.05) is 19.7 Å². The summed E-state index contributed by atoms with van der Waals surface area (Å²) < 4.78 is 6.44. The molecule has 0 saturated heterocycles. The highest BCUT2D eigenvalue weighted by molar-refractivity contribution is 9.10. The van der Waals surface area contributed by atoms with Crippen LogP contribution in [0.25, 0.3) is 0 Å². The van der Waals surface area contributed by atoms with E-state index in [4.69, 9.17) is 21.4 Å². The van der Waals surface area contributed by atoms with E-state index in [1.807, 2.05) is 25.7 Å². The van der Waals surface area contributed by atoms with Crippen molar-refractivity contribution >= 4 is 33.5 Å². The zero-order valence-corrected chi connectivity index (χ0v) is 14.2. The van der Waals surface area contributed by atoms with Gasteiger partial charge in [0.05, 0.1) is 11.0 Å². The maximum Gasteiger partial charge on any atom is 0.317 e. The minimum Gasteiger partial charge on any atom is -0.491 e. The van der Waals surface area contributed by atoms with Crippen LogP contribution in [0.3, 0.4) is 0 Å². The molecule has 0 spiro atoms. The van der Waals surface area contributed by atoms with E-state index in [2.05, 4.69) is 15.9 Å². The first kappa shape index (κ1) is 17.3. The molecule has 112 valence electrons. The minimum atomic E-state index is -0.840. The second-order valence-electron chi connectivity index (χ2n) is 5.41. The van der Waals surface area contributed by atoms with Gasteiger partial charge in [-0.2, -0.15) is 0 Å². The van der Waals surface area contributed by atoms with Crippen LogP contribution in [-0.2, 0) is 4.79 Å². The fraction of sp³-hybridized carbons (Fsp3) is 0.500. The lowest BCUT2D eigenvalue weighted by Gasteiger charge is -2.34. The third-order valence-corrected chi connectivity index (χ3v) is 3.64. The van der Waals surface area contributed by atoms with Crippen molar-refractivity contribution in [3.05, 3.63) is 27.7 Å². The number of rotatable bonds is 6. The van der Waals surface area contributed by atoms with Crippen LogP contribution < -0.4 is 4.74 Å². The number of hydrogen-bond donors (Lipinski definition) is 1. The monoisotopic (exact) mass is 363 g/mol. The van der Waals surface area contributed by atoms with Crippen LogP contribution in [0.2, 0.25) is 5.02 Å². The van der Waals surface area contributed by atoms with E-state index in [1.165, 1.54) is 0 Å². The van der Waals surface area contributed by atoms with Crippen molar-refractivity contribution in [1.29, 1.82) is 0 Å². The molecule has 20 heavy (non-hydrogen) atoms. The maximum atomic E-state index is 10.9. The molecule has 0 fully saturated rings. The fourth-order valence-electron chi connectivity index (χ4n) is 1.67. The topological polar surface area (TPSA) is 49.8 Å². The second-order valence-corrected chi connectivity index (χ2v) is 6.70. The Labute approximate surface area is 132 Å². The first-order valence-electron chi connectivity index (χ1n) is 6.25. The summed E-state index contributed by atoms with van der Waals surface area (Å²) in [6.45, 7) is 6.88. The van der Waals surface area contributed by atoms with Crippen molar-refractivity contribution in [1.82, 2.24) is 4.90 Å². The van der Waals surface area contributed by atoms with Gasteiger partial charge in [0, 0.05) is 17.1 Å². The van der Waals surface area contributed by atoms with Crippen molar-refractivity contribution in [2.45, 2.75) is 26.3 Å². The average Bonchev–Trinajstić information content (AvgIpc) is 2.28. The molecular weight excluding hydrogens is 346 g/mol. The Morgan fingerprint density at radius 1 is 1.45 bits per heavy atom. The summed E-state index contributed by atoms with van der Waals surface area (Å²) in [4.78, 5) is 12.7. The van der Waals surface area contributed by atoms with Crippen LogP contribution in [0.15, 0.2) is 22.7 Å². The molecule has 0 unspecified atom stereocenters. The van der Waals surface area contributed by atoms with Gasteiger partial charge in [-0.15, -0.1) is 0 Å². The van der Waals surface area contributed by atoms with Crippen LogP contribution in [0.4, 0.5) is 0 Å². The van der Waals surface area contributed by atoms with Gasteiger partial charge < -0.3 is 9.84 Å². The first-order valence-corrected chi connectivity index (χ1v) is 7.42. The SMILES string of the molecule is CC(C)(C)N(CCOc1ccc(Cl)cc1Br)CC(=O)O. The Kier molecular flexibility index (Phi) is 6.30. The highest BCUT2D eigenvalue weighted by Gasteiger charge is 2.23. The molecule has 0 saturated carbocycles. The molecule has 0 atom stereocenters. The number of hydrogen-bond acceptors (Lipinski definition) is 3. The molecule has 0 aliphatic carbocycles. The second kappa shape index (κ2) is 7.29. The molecular formula is C14H19BrClNO3. The van der Waals surface area contributed by atoms with Gasteiger partial charge in [-0.3, -0.25) is 9.69 Å². The number of aliphatic carboxylic acids is 1. The number of benzene rings is 1. The van der Waals surface area contributed by atoms with E-state index < -0.39 is 5.97 Å². The van der Waals surface area contributed by atoms with Gasteiger partial charge in [-0.1, -0.05) is 11.6 Å². The molecule has 0 bridgehead atoms. The van der Waals surface area contributed by atoms with Crippen LogP contribution >= 0.6 is 27.5 Å². The minimum absolute atomic E-state index is 0.00531. The Hall–Kier alpha value is -0.780. The van der Waals surface area contributed by atoms with E-state index in [-0.39, 0.29) is 12.1 Å². The Morgan fingerprint density at radius 2 is 2.10 bits per heavy atom. The molecule has 1 rings (SSSR count). The molecule has 0 aliphatic heterocycles. The van der Waals surface area contributed by atoms with Gasteiger partial charge in [-0.05, 0) is 54.9 Å². The van der Waals surface area contributed by atoms with E-state index in [1.54, 1.807) is 18.2 Å². The lowest BCUT2D eigenvalue weighted by Crippen LogP contribution is -2.46. The molecule has 0 aromatic heterocycles. The molecule has 6 heteroatoms. The van der Waals surface area contributed by atoms with Crippen molar-refractivity contribution in [3.8, 4) is 5.75 Å².